The quantitative estimate of drug-likeness (QED) is 0.496. The second kappa shape index (κ2) is 6.00. The summed E-state index contributed by atoms with van der Waals surface area (Å²) in [4.78, 5) is 4.59. The van der Waals surface area contributed by atoms with Gasteiger partial charge in [0.05, 0.1) is 19.1 Å². The Bertz CT molecular complexity index is 1000. The summed E-state index contributed by atoms with van der Waals surface area (Å²) < 4.78 is 12.6. The summed E-state index contributed by atoms with van der Waals surface area (Å²) >= 11 is 0. The van der Waals surface area contributed by atoms with E-state index in [0.717, 1.165) is 11.4 Å². The molecule has 0 saturated carbocycles. The van der Waals surface area contributed by atoms with Crippen LogP contribution in [0.15, 0.2) is 81.7 Å². The third-order valence-corrected chi connectivity index (χ3v) is 3.57. The summed E-state index contributed by atoms with van der Waals surface area (Å²) in [5, 5.41) is 8.73. The van der Waals surface area contributed by atoms with Crippen LogP contribution in [0.1, 0.15) is 0 Å². The fourth-order valence-corrected chi connectivity index (χ4v) is 2.43. The van der Waals surface area contributed by atoms with Crippen molar-refractivity contribution in [1.82, 2.24) is 9.38 Å². The van der Waals surface area contributed by atoms with Crippen LogP contribution in [0.2, 0.25) is 0 Å². The van der Waals surface area contributed by atoms with Gasteiger partial charge in [-0.25, -0.2) is 4.98 Å². The molecular weight excluding hydrogens is 304 g/mol. The van der Waals surface area contributed by atoms with E-state index < -0.39 is 0 Å². The highest BCUT2D eigenvalue weighted by Gasteiger charge is 2.15. The number of imidazole rings is 1. The average molecular weight is 318 g/mol. The first-order valence-corrected chi connectivity index (χ1v) is 7.42. The highest BCUT2D eigenvalue weighted by Crippen LogP contribution is 2.32. The number of pyridine rings is 1. The molecule has 3 aromatic heterocycles. The Morgan fingerprint density at radius 1 is 1.04 bits per heavy atom. The molecule has 0 radical (unpaired) electrons. The standard InChI is InChI=1S/C18H14N4O2/c1-23-14-7-4-6-13(12-14)20-21-18-17(15-8-5-11-24-15)19-16-9-2-3-10-22(16)18/h2-12H,1H3. The first-order valence-electron chi connectivity index (χ1n) is 7.42. The normalized spacial score (nSPS) is 11.4. The molecule has 0 atom stereocenters. The lowest BCUT2D eigenvalue weighted by atomic mass is 10.3. The van der Waals surface area contributed by atoms with E-state index >= 15 is 0 Å². The zero-order valence-electron chi connectivity index (χ0n) is 13.0. The van der Waals surface area contributed by atoms with E-state index in [1.807, 2.05) is 65.2 Å². The lowest BCUT2D eigenvalue weighted by Crippen LogP contribution is -1.81. The Morgan fingerprint density at radius 2 is 2.00 bits per heavy atom. The number of aromatic nitrogens is 2. The molecule has 118 valence electrons. The highest BCUT2D eigenvalue weighted by atomic mass is 16.5. The van der Waals surface area contributed by atoms with Gasteiger partial charge in [0.25, 0.3) is 0 Å². The number of hydrogen-bond acceptors (Lipinski definition) is 5. The second-order valence-electron chi connectivity index (χ2n) is 5.09. The SMILES string of the molecule is COc1cccc(N=Nc2c(-c3ccco3)nc3ccccn23)c1. The maximum Gasteiger partial charge on any atom is 0.190 e. The fraction of sp³-hybridized carbons (Fsp3) is 0.0556. The summed E-state index contributed by atoms with van der Waals surface area (Å²) in [6.07, 6.45) is 3.51. The van der Waals surface area contributed by atoms with Crippen molar-refractivity contribution >= 4 is 17.2 Å². The predicted molar refractivity (Wildman–Crippen MR) is 90.1 cm³/mol. The van der Waals surface area contributed by atoms with Crippen LogP contribution in [0.25, 0.3) is 17.1 Å². The molecule has 0 unspecified atom stereocenters. The zero-order chi connectivity index (χ0) is 16.4. The number of azo groups is 1. The summed E-state index contributed by atoms with van der Waals surface area (Å²) in [5.41, 5.74) is 2.13. The molecule has 6 heteroatoms. The maximum absolute atomic E-state index is 5.48. The number of fused-ring (bicyclic) bond motifs is 1. The Kier molecular flexibility index (Phi) is 3.55. The van der Waals surface area contributed by atoms with Gasteiger partial charge in [-0.3, -0.25) is 4.40 Å². The number of benzene rings is 1. The number of furan rings is 1. The number of rotatable bonds is 4. The second-order valence-corrected chi connectivity index (χ2v) is 5.09. The van der Waals surface area contributed by atoms with Crippen LogP contribution in [0, 0.1) is 0 Å². The first-order chi connectivity index (χ1) is 11.8. The molecule has 0 spiro atoms. The van der Waals surface area contributed by atoms with Crippen LogP contribution >= 0.6 is 0 Å². The number of nitrogens with zero attached hydrogens (tertiary/aromatic N) is 4. The largest absolute Gasteiger partial charge is 0.497 e. The van der Waals surface area contributed by atoms with Gasteiger partial charge >= 0.3 is 0 Å². The van der Waals surface area contributed by atoms with Crippen LogP contribution in [-0.2, 0) is 0 Å². The van der Waals surface area contributed by atoms with Gasteiger partial charge in [0.1, 0.15) is 11.4 Å². The molecule has 0 N–H and O–H groups in total. The van der Waals surface area contributed by atoms with E-state index in [2.05, 4.69) is 15.2 Å². The van der Waals surface area contributed by atoms with E-state index in [1.165, 1.54) is 0 Å². The van der Waals surface area contributed by atoms with Crippen LogP contribution in [0.4, 0.5) is 11.5 Å². The van der Waals surface area contributed by atoms with Gasteiger partial charge < -0.3 is 9.15 Å². The summed E-state index contributed by atoms with van der Waals surface area (Å²) in [7, 11) is 1.62. The molecule has 0 amide bonds. The van der Waals surface area contributed by atoms with Gasteiger partial charge in [0.2, 0.25) is 0 Å². The molecule has 3 heterocycles. The molecule has 0 saturated heterocycles. The molecule has 4 rings (SSSR count). The van der Waals surface area contributed by atoms with Crippen molar-refractivity contribution < 1.29 is 9.15 Å². The molecule has 0 bridgehead atoms. The van der Waals surface area contributed by atoms with Gasteiger partial charge in [-0.05, 0) is 36.4 Å². The Labute approximate surface area is 138 Å². The van der Waals surface area contributed by atoms with Crippen LogP contribution < -0.4 is 4.74 Å². The molecule has 4 aromatic rings. The third-order valence-electron chi connectivity index (χ3n) is 3.57. The molecule has 0 fully saturated rings. The number of hydrogen-bond donors (Lipinski definition) is 0. The van der Waals surface area contributed by atoms with Crippen LogP contribution in [0.3, 0.4) is 0 Å². The minimum absolute atomic E-state index is 0.614. The van der Waals surface area contributed by atoms with Gasteiger partial charge in [-0.1, -0.05) is 12.1 Å². The van der Waals surface area contributed by atoms with E-state index in [-0.39, 0.29) is 0 Å². The van der Waals surface area contributed by atoms with Gasteiger partial charge in [0, 0.05) is 12.3 Å². The van der Waals surface area contributed by atoms with Gasteiger partial charge in [-0.2, -0.15) is 0 Å². The third kappa shape index (κ3) is 2.54. The topological polar surface area (TPSA) is 64.4 Å². The van der Waals surface area contributed by atoms with Crippen molar-refractivity contribution in [3.05, 3.63) is 67.1 Å². The monoisotopic (exact) mass is 318 g/mol. The molecular formula is C18H14N4O2. The smallest absolute Gasteiger partial charge is 0.190 e. The zero-order valence-corrected chi connectivity index (χ0v) is 13.0. The molecule has 6 nitrogen and oxygen atoms in total. The van der Waals surface area contributed by atoms with Crippen molar-refractivity contribution in [3.63, 3.8) is 0 Å². The van der Waals surface area contributed by atoms with Gasteiger partial charge in [0.15, 0.2) is 17.3 Å². The lowest BCUT2D eigenvalue weighted by Gasteiger charge is -2.00. The van der Waals surface area contributed by atoms with E-state index in [1.54, 1.807) is 13.4 Å². The molecule has 1 aromatic carbocycles. The first kappa shape index (κ1) is 14.2. The highest BCUT2D eigenvalue weighted by molar-refractivity contribution is 5.71. The summed E-state index contributed by atoms with van der Waals surface area (Å²) in [6, 6.07) is 16.9. The van der Waals surface area contributed by atoms with Crippen molar-refractivity contribution in [1.29, 1.82) is 0 Å². The maximum atomic E-state index is 5.48. The molecule has 0 aliphatic carbocycles. The Morgan fingerprint density at radius 3 is 2.83 bits per heavy atom. The minimum atomic E-state index is 0.614. The van der Waals surface area contributed by atoms with Gasteiger partial charge in [-0.15, -0.1) is 10.2 Å². The summed E-state index contributed by atoms with van der Waals surface area (Å²) in [6.45, 7) is 0. The van der Waals surface area contributed by atoms with Crippen LogP contribution in [-0.4, -0.2) is 16.5 Å². The average Bonchev–Trinajstić information content (AvgIpc) is 3.27. The van der Waals surface area contributed by atoms with Crippen LogP contribution in [0.5, 0.6) is 5.75 Å². The van der Waals surface area contributed by atoms with Crippen molar-refractivity contribution in [2.45, 2.75) is 0 Å². The molecule has 0 aliphatic rings. The Hall–Kier alpha value is -3.41. The van der Waals surface area contributed by atoms with Crippen molar-refractivity contribution in [3.8, 4) is 17.2 Å². The van der Waals surface area contributed by atoms with Crippen molar-refractivity contribution in [2.75, 3.05) is 7.11 Å². The minimum Gasteiger partial charge on any atom is -0.497 e. The van der Waals surface area contributed by atoms with Crippen molar-refractivity contribution in [2.24, 2.45) is 10.2 Å². The van der Waals surface area contributed by atoms with E-state index in [0.29, 0.717) is 23.0 Å². The summed E-state index contributed by atoms with van der Waals surface area (Å²) in [5.74, 6) is 2.00. The number of ether oxygens (including phenoxy) is 1. The lowest BCUT2D eigenvalue weighted by molar-refractivity contribution is 0.415. The molecule has 0 aliphatic heterocycles. The molecule has 24 heavy (non-hydrogen) atoms. The predicted octanol–water partition coefficient (Wildman–Crippen LogP) is 5.02. The number of methoxy groups -OCH3 is 1. The fourth-order valence-electron chi connectivity index (χ4n) is 2.43. The van der Waals surface area contributed by atoms with E-state index in [4.69, 9.17) is 9.15 Å². The Balaban J connectivity index is 1.83. The van der Waals surface area contributed by atoms with E-state index in [9.17, 15) is 0 Å².